The predicted octanol–water partition coefficient (Wildman–Crippen LogP) is 3.46. The Morgan fingerprint density at radius 1 is 1.00 bits per heavy atom. The van der Waals surface area contributed by atoms with Gasteiger partial charge in [-0.05, 0) is 42.8 Å². The van der Waals surface area contributed by atoms with E-state index in [1.807, 2.05) is 0 Å². The van der Waals surface area contributed by atoms with Crippen LogP contribution in [0, 0.1) is 24.4 Å². The average molecular weight is 294 g/mol. The summed E-state index contributed by atoms with van der Waals surface area (Å²) >= 11 is 0. The zero-order valence-corrected chi connectivity index (χ0v) is 11.2. The van der Waals surface area contributed by atoms with Gasteiger partial charge in [-0.25, -0.2) is 13.2 Å². The first kappa shape index (κ1) is 14.9. The van der Waals surface area contributed by atoms with Gasteiger partial charge < -0.3 is 10.6 Å². The highest BCUT2D eigenvalue weighted by Crippen LogP contribution is 2.16. The maximum atomic E-state index is 13.4. The standard InChI is InChI=1S/C15H13F3N2O/c1-9-6-10(16)2-4-13(9)19-8-15(21)20-14-5-3-11(17)7-12(14)18/h2-7,19H,8H2,1H3,(H,20,21). The third-order valence-electron chi connectivity index (χ3n) is 2.83. The van der Waals surface area contributed by atoms with Gasteiger partial charge in [0, 0.05) is 11.8 Å². The van der Waals surface area contributed by atoms with E-state index in [2.05, 4.69) is 10.6 Å². The molecule has 0 unspecified atom stereocenters. The predicted molar refractivity (Wildman–Crippen MR) is 74.6 cm³/mol. The van der Waals surface area contributed by atoms with E-state index in [0.717, 1.165) is 12.1 Å². The first-order chi connectivity index (χ1) is 9.95. The van der Waals surface area contributed by atoms with E-state index in [9.17, 15) is 18.0 Å². The van der Waals surface area contributed by atoms with Gasteiger partial charge in [0.2, 0.25) is 5.91 Å². The molecule has 0 radical (unpaired) electrons. The average Bonchev–Trinajstić information content (AvgIpc) is 2.41. The SMILES string of the molecule is Cc1cc(F)ccc1NCC(=O)Nc1ccc(F)cc1F. The van der Waals surface area contributed by atoms with Crippen LogP contribution in [0.3, 0.4) is 0 Å². The molecule has 1 amide bonds. The van der Waals surface area contributed by atoms with Gasteiger partial charge >= 0.3 is 0 Å². The van der Waals surface area contributed by atoms with Crippen LogP contribution < -0.4 is 10.6 Å². The fourth-order valence-electron chi connectivity index (χ4n) is 1.79. The van der Waals surface area contributed by atoms with Crippen molar-refractivity contribution in [3.63, 3.8) is 0 Å². The molecule has 0 aromatic heterocycles. The van der Waals surface area contributed by atoms with Gasteiger partial charge in [0.05, 0.1) is 12.2 Å². The molecule has 2 aromatic carbocycles. The van der Waals surface area contributed by atoms with Crippen molar-refractivity contribution in [1.29, 1.82) is 0 Å². The van der Waals surface area contributed by atoms with Gasteiger partial charge in [0.25, 0.3) is 0 Å². The highest BCUT2D eigenvalue weighted by atomic mass is 19.1. The lowest BCUT2D eigenvalue weighted by Gasteiger charge is -2.10. The highest BCUT2D eigenvalue weighted by molar-refractivity contribution is 5.93. The van der Waals surface area contributed by atoms with Crippen molar-refractivity contribution in [2.24, 2.45) is 0 Å². The molecule has 2 aromatic rings. The van der Waals surface area contributed by atoms with E-state index in [0.29, 0.717) is 17.3 Å². The molecule has 21 heavy (non-hydrogen) atoms. The Morgan fingerprint density at radius 2 is 1.62 bits per heavy atom. The van der Waals surface area contributed by atoms with E-state index in [4.69, 9.17) is 0 Å². The van der Waals surface area contributed by atoms with Gasteiger partial charge in [-0.2, -0.15) is 0 Å². The van der Waals surface area contributed by atoms with E-state index in [1.54, 1.807) is 6.92 Å². The molecule has 6 heteroatoms. The molecule has 0 aliphatic rings. The minimum Gasteiger partial charge on any atom is -0.376 e. The molecule has 3 nitrogen and oxygen atoms in total. The summed E-state index contributed by atoms with van der Waals surface area (Å²) in [6, 6.07) is 7.00. The van der Waals surface area contributed by atoms with Crippen LogP contribution in [-0.4, -0.2) is 12.5 Å². The Balaban J connectivity index is 1.96. The van der Waals surface area contributed by atoms with Crippen molar-refractivity contribution < 1.29 is 18.0 Å². The zero-order chi connectivity index (χ0) is 15.4. The molecule has 0 heterocycles. The van der Waals surface area contributed by atoms with E-state index >= 15 is 0 Å². The van der Waals surface area contributed by atoms with Crippen molar-refractivity contribution in [2.45, 2.75) is 6.92 Å². The summed E-state index contributed by atoms with van der Waals surface area (Å²) in [6.45, 7) is 1.58. The molecule has 2 rings (SSSR count). The van der Waals surface area contributed by atoms with Crippen molar-refractivity contribution >= 4 is 17.3 Å². The Morgan fingerprint density at radius 3 is 2.24 bits per heavy atom. The number of nitrogens with one attached hydrogen (secondary N) is 2. The second-order valence-corrected chi connectivity index (χ2v) is 4.49. The highest BCUT2D eigenvalue weighted by Gasteiger charge is 2.08. The summed E-state index contributed by atoms with van der Waals surface area (Å²) in [4.78, 5) is 11.7. The number of benzene rings is 2. The van der Waals surface area contributed by atoms with Crippen molar-refractivity contribution in [3.8, 4) is 0 Å². The number of hydrogen-bond acceptors (Lipinski definition) is 2. The fourth-order valence-corrected chi connectivity index (χ4v) is 1.79. The van der Waals surface area contributed by atoms with Gasteiger partial charge in [-0.3, -0.25) is 4.79 Å². The molecule has 0 saturated carbocycles. The maximum absolute atomic E-state index is 13.4. The van der Waals surface area contributed by atoms with Crippen molar-refractivity contribution in [2.75, 3.05) is 17.2 Å². The monoisotopic (exact) mass is 294 g/mol. The quantitative estimate of drug-likeness (QED) is 0.906. The van der Waals surface area contributed by atoms with Crippen LogP contribution in [-0.2, 0) is 4.79 Å². The fraction of sp³-hybridized carbons (Fsp3) is 0.133. The van der Waals surface area contributed by atoms with Crippen LogP contribution in [0.4, 0.5) is 24.5 Å². The van der Waals surface area contributed by atoms with Crippen LogP contribution in [0.15, 0.2) is 36.4 Å². The number of rotatable bonds is 4. The normalized spacial score (nSPS) is 10.3. The van der Waals surface area contributed by atoms with Crippen LogP contribution in [0.25, 0.3) is 0 Å². The third-order valence-corrected chi connectivity index (χ3v) is 2.83. The van der Waals surface area contributed by atoms with E-state index < -0.39 is 17.5 Å². The molecule has 0 aliphatic heterocycles. The molecule has 0 fully saturated rings. The molecule has 0 spiro atoms. The maximum Gasteiger partial charge on any atom is 0.243 e. The largest absolute Gasteiger partial charge is 0.376 e. The Bertz CT molecular complexity index is 674. The van der Waals surface area contributed by atoms with Crippen LogP contribution in [0.1, 0.15) is 5.56 Å². The summed E-state index contributed by atoms with van der Waals surface area (Å²) < 4.78 is 39.0. The lowest BCUT2D eigenvalue weighted by Crippen LogP contribution is -2.22. The second-order valence-electron chi connectivity index (χ2n) is 4.49. The van der Waals surface area contributed by atoms with Crippen molar-refractivity contribution in [3.05, 3.63) is 59.4 Å². The van der Waals surface area contributed by atoms with E-state index in [1.165, 1.54) is 18.2 Å². The summed E-state index contributed by atoms with van der Waals surface area (Å²) in [5.41, 5.74) is 1.15. The number of anilines is 2. The van der Waals surface area contributed by atoms with Gasteiger partial charge in [0.1, 0.15) is 17.5 Å². The van der Waals surface area contributed by atoms with Crippen LogP contribution in [0.2, 0.25) is 0 Å². The number of hydrogen-bond donors (Lipinski definition) is 2. The molecular weight excluding hydrogens is 281 g/mol. The van der Waals surface area contributed by atoms with Crippen LogP contribution in [0.5, 0.6) is 0 Å². The first-order valence-electron chi connectivity index (χ1n) is 6.20. The smallest absolute Gasteiger partial charge is 0.243 e. The number of aryl methyl sites for hydroxylation is 1. The third kappa shape index (κ3) is 3.98. The lowest BCUT2D eigenvalue weighted by molar-refractivity contribution is -0.114. The Hall–Kier alpha value is -2.50. The van der Waals surface area contributed by atoms with Gasteiger partial charge in [-0.15, -0.1) is 0 Å². The number of carbonyl (C=O) groups is 1. The Labute approximate surface area is 119 Å². The summed E-state index contributed by atoms with van der Waals surface area (Å²) in [7, 11) is 0. The summed E-state index contributed by atoms with van der Waals surface area (Å²) in [5.74, 6) is -2.42. The number of amides is 1. The molecule has 0 bridgehead atoms. The molecule has 2 N–H and O–H groups in total. The number of halogens is 3. The Kier molecular flexibility index (Phi) is 4.47. The molecular formula is C15H13F3N2O. The van der Waals surface area contributed by atoms with E-state index in [-0.39, 0.29) is 18.0 Å². The lowest BCUT2D eigenvalue weighted by atomic mass is 10.2. The van der Waals surface area contributed by atoms with Crippen molar-refractivity contribution in [1.82, 2.24) is 0 Å². The first-order valence-corrected chi connectivity index (χ1v) is 6.20. The van der Waals surface area contributed by atoms with Crippen LogP contribution >= 0.6 is 0 Å². The zero-order valence-electron chi connectivity index (χ0n) is 11.2. The molecule has 0 aliphatic carbocycles. The summed E-state index contributed by atoms with van der Waals surface area (Å²) in [6.07, 6.45) is 0. The summed E-state index contributed by atoms with van der Waals surface area (Å²) in [5, 5.41) is 5.14. The van der Waals surface area contributed by atoms with Gasteiger partial charge in [0.15, 0.2) is 0 Å². The minimum absolute atomic E-state index is 0.0981. The molecule has 110 valence electrons. The second kappa shape index (κ2) is 6.30. The molecule has 0 saturated heterocycles. The van der Waals surface area contributed by atoms with Gasteiger partial charge in [-0.1, -0.05) is 0 Å². The minimum atomic E-state index is -0.846. The molecule has 0 atom stereocenters. The number of carbonyl (C=O) groups excluding carboxylic acids is 1. The topological polar surface area (TPSA) is 41.1 Å².